The van der Waals surface area contributed by atoms with Crippen LogP contribution < -0.4 is 15.1 Å². The second-order valence-corrected chi connectivity index (χ2v) is 24.1. The number of nitrogens with one attached hydrogen (secondary N) is 3. The molecule has 24 heteroatoms. The molecule has 0 aliphatic carbocycles. The molecule has 4 aliphatic rings. The summed E-state index contributed by atoms with van der Waals surface area (Å²) in [5.41, 5.74) is 8.94. The zero-order valence-corrected chi connectivity index (χ0v) is 45.0. The number of aromatic amines is 2. The number of benzene rings is 2. The molecule has 4 fully saturated rings. The summed E-state index contributed by atoms with van der Waals surface area (Å²) in [5.74, 6) is 3.83. The van der Waals surface area contributed by atoms with Crippen molar-refractivity contribution in [3.05, 3.63) is 96.6 Å². The highest BCUT2D eigenvalue weighted by atomic mass is 35.5. The second-order valence-electron chi connectivity index (χ2n) is 19.5. The highest BCUT2D eigenvalue weighted by Gasteiger charge is 2.27. The number of H-pyrrole nitrogens is 2. The maximum atomic E-state index is 12.1. The Hall–Kier alpha value is -7.12. The molecule has 10 aromatic rings. The number of nitrogens with zero attached hydrogens (tertiary/aromatic N) is 9. The highest BCUT2D eigenvalue weighted by Crippen LogP contribution is 2.38. The number of morpholine rings is 2. The van der Waals surface area contributed by atoms with Crippen LogP contribution in [0.15, 0.2) is 94.3 Å². The fourth-order valence-electron chi connectivity index (χ4n) is 10.3. The van der Waals surface area contributed by atoms with Gasteiger partial charge in [-0.15, -0.1) is 12.4 Å². The Morgan fingerprint density at radius 3 is 1.71 bits per heavy atom. The van der Waals surface area contributed by atoms with Crippen LogP contribution in [0.5, 0.6) is 0 Å². The van der Waals surface area contributed by atoms with Crippen LogP contribution in [0, 0.1) is 0 Å². The number of pyridine rings is 2. The standard InChI is InChI=1S/C27H28N6O4S.C22H17N5O3.C5H11NO2S.CH4.ClH/c34-38(35)13-2-7-32(10-14-38)17-18-15-21-23-24(37-27(21)29-16-18)26(33-8-11-36-12-9-33)31-25(30-23)20-3-1-4-22-19(20)5-6-28-22;28-12-13-10-16-18-19(30-22(16)24-11-13)21(27-6-8-29-9-7-27)26-20(25-18)15-2-1-3-17-14(15)4-5-23-17;7-9(8)4-1-2-6-3-5-9;;/h1,3-6,15-16,28H,2,7-14,17H2;1-5,10-12,23H,6-9H2;6H,1-5H2;1H4;1H. The van der Waals surface area contributed by atoms with Crippen LogP contribution in [-0.4, -0.2) is 170 Å². The van der Waals surface area contributed by atoms with Gasteiger partial charge in [-0.05, 0) is 67.9 Å². The molecule has 0 radical (unpaired) electrons. The molecule has 12 heterocycles. The van der Waals surface area contributed by atoms with Gasteiger partial charge in [0.2, 0.25) is 11.4 Å². The van der Waals surface area contributed by atoms with Crippen LogP contribution in [-0.2, 0) is 35.7 Å². The highest BCUT2D eigenvalue weighted by molar-refractivity contribution is 7.91. The molecule has 14 rings (SSSR count). The third-order valence-corrected chi connectivity index (χ3v) is 17.7. The quantitative estimate of drug-likeness (QED) is 0.131. The van der Waals surface area contributed by atoms with Gasteiger partial charge in [0.15, 0.2) is 60.4 Å². The normalized spacial score (nSPS) is 17.8. The van der Waals surface area contributed by atoms with Crippen molar-refractivity contribution >= 4 is 116 Å². The molecule has 79 heavy (non-hydrogen) atoms. The van der Waals surface area contributed by atoms with E-state index in [-0.39, 0.29) is 31.3 Å². The van der Waals surface area contributed by atoms with Gasteiger partial charge in [0.1, 0.15) is 11.0 Å². The van der Waals surface area contributed by atoms with Crippen molar-refractivity contribution in [3.63, 3.8) is 0 Å². The van der Waals surface area contributed by atoms with Gasteiger partial charge >= 0.3 is 0 Å². The molecule has 0 unspecified atom stereocenters. The monoisotopic (exact) mass is 1130 g/mol. The van der Waals surface area contributed by atoms with Crippen LogP contribution in [0.1, 0.15) is 36.2 Å². The number of carbonyl (C=O) groups is 1. The maximum absolute atomic E-state index is 12.1. The number of ether oxygens (including phenoxy) is 2. The summed E-state index contributed by atoms with van der Waals surface area (Å²) in [6.45, 7) is 8.74. The number of furan rings is 2. The fraction of sp³-hybridized carbons (Fsp3) is 0.364. The summed E-state index contributed by atoms with van der Waals surface area (Å²) in [6.07, 6.45) is 9.33. The number of anilines is 2. The first-order chi connectivity index (χ1) is 37.6. The van der Waals surface area contributed by atoms with E-state index in [9.17, 15) is 21.6 Å². The van der Waals surface area contributed by atoms with Gasteiger partial charge in [0, 0.05) is 109 Å². The van der Waals surface area contributed by atoms with Crippen LogP contribution in [0.3, 0.4) is 0 Å². The van der Waals surface area contributed by atoms with Gasteiger partial charge in [-0.2, -0.15) is 0 Å². The summed E-state index contributed by atoms with van der Waals surface area (Å²) in [6, 6.07) is 20.0. The van der Waals surface area contributed by atoms with Crippen molar-refractivity contribution < 1.29 is 39.9 Å². The minimum Gasteiger partial charge on any atom is -0.432 e. The number of halogens is 1. The third kappa shape index (κ3) is 11.8. The Bertz CT molecular complexity index is 4030. The van der Waals surface area contributed by atoms with Crippen molar-refractivity contribution in [1.29, 1.82) is 0 Å². The van der Waals surface area contributed by atoms with E-state index >= 15 is 0 Å². The predicted octanol–water partition coefficient (Wildman–Crippen LogP) is 7.40. The van der Waals surface area contributed by atoms with E-state index in [0.29, 0.717) is 141 Å². The second kappa shape index (κ2) is 23.7. The summed E-state index contributed by atoms with van der Waals surface area (Å²) < 4.78 is 69.2. The Morgan fingerprint density at radius 1 is 0.582 bits per heavy atom. The molecule has 2 aromatic carbocycles. The number of hydrogen-bond donors (Lipinski definition) is 3. The summed E-state index contributed by atoms with van der Waals surface area (Å²) in [7, 11) is -5.64. The Balaban J connectivity index is 0.000000153. The molecule has 0 atom stereocenters. The van der Waals surface area contributed by atoms with Crippen molar-refractivity contribution in [2.75, 3.05) is 112 Å². The molecular formula is C55H61ClN12O9S2. The number of sulfone groups is 2. The molecule has 0 spiro atoms. The molecule has 0 bridgehead atoms. The van der Waals surface area contributed by atoms with E-state index in [2.05, 4.69) is 46.0 Å². The Kier molecular flexibility index (Phi) is 16.6. The lowest BCUT2D eigenvalue weighted by Crippen LogP contribution is -2.37. The lowest BCUT2D eigenvalue weighted by atomic mass is 10.1. The third-order valence-electron chi connectivity index (χ3n) is 14.3. The largest absolute Gasteiger partial charge is 0.432 e. The molecule has 3 N–H and O–H groups in total. The number of rotatable bonds is 7. The summed E-state index contributed by atoms with van der Waals surface area (Å²) >= 11 is 0. The zero-order chi connectivity index (χ0) is 52.5. The first kappa shape index (κ1) is 55.2. The van der Waals surface area contributed by atoms with Gasteiger partial charge in [0.25, 0.3) is 0 Å². The number of hydrogen-bond acceptors (Lipinski definition) is 19. The van der Waals surface area contributed by atoms with Gasteiger partial charge in [-0.1, -0.05) is 31.7 Å². The molecule has 414 valence electrons. The minimum absolute atomic E-state index is 0. The van der Waals surface area contributed by atoms with E-state index in [4.69, 9.17) is 38.2 Å². The van der Waals surface area contributed by atoms with Gasteiger partial charge in [-0.3, -0.25) is 9.69 Å². The topological polar surface area (TPSA) is 261 Å². The fourth-order valence-corrected chi connectivity index (χ4v) is 12.9. The molecule has 4 aliphatic heterocycles. The van der Waals surface area contributed by atoms with Crippen LogP contribution >= 0.6 is 12.4 Å². The van der Waals surface area contributed by atoms with Crippen LogP contribution in [0.25, 0.3) is 89.0 Å². The molecule has 8 aromatic heterocycles. The molecule has 21 nitrogen and oxygen atoms in total. The average Bonchev–Trinajstić information content (AvgIpc) is 4.43. The predicted molar refractivity (Wildman–Crippen MR) is 309 cm³/mol. The van der Waals surface area contributed by atoms with Gasteiger partial charge in [0.05, 0.1) is 60.2 Å². The maximum Gasteiger partial charge on any atom is 0.229 e. The van der Waals surface area contributed by atoms with E-state index < -0.39 is 19.7 Å². The van der Waals surface area contributed by atoms with E-state index in [1.54, 1.807) is 6.07 Å². The average molecular weight is 1130 g/mol. The van der Waals surface area contributed by atoms with Crippen molar-refractivity contribution in [1.82, 2.24) is 50.1 Å². The zero-order valence-electron chi connectivity index (χ0n) is 42.5. The van der Waals surface area contributed by atoms with Gasteiger partial charge in [-0.25, -0.2) is 46.7 Å². The van der Waals surface area contributed by atoms with Crippen LogP contribution in [0.4, 0.5) is 11.6 Å². The van der Waals surface area contributed by atoms with E-state index in [0.717, 1.165) is 86.8 Å². The molecular weight excluding hydrogens is 1070 g/mol. The minimum atomic E-state index is -2.96. The number of aromatic nitrogens is 8. The first-order valence-corrected chi connectivity index (χ1v) is 29.5. The Morgan fingerprint density at radius 2 is 1.13 bits per heavy atom. The molecule has 0 saturated carbocycles. The SMILES string of the molecule is C.Cl.O=Cc1cnc2oc3c(N4CCOCC4)nc(-c4cccc5[nH]ccc45)nc3c2c1.O=S1(=O)CCCN(Cc2cnc3oc4c(N5CCOCC5)nc(-c5cccc6[nH]ccc56)nc4c3c2)CC1.O=S1(=O)CCCNCC1. The lowest BCUT2D eigenvalue weighted by Gasteiger charge is -2.27. The number of carbonyl (C=O) groups excluding carboxylic acids is 1. The summed E-state index contributed by atoms with van der Waals surface area (Å²) in [4.78, 5) is 53.1. The molecule has 0 amide bonds. The summed E-state index contributed by atoms with van der Waals surface area (Å²) in [5, 5.41) is 6.66. The van der Waals surface area contributed by atoms with Crippen molar-refractivity contribution in [2.24, 2.45) is 0 Å². The lowest BCUT2D eigenvalue weighted by molar-refractivity contribution is 0.112. The molecule has 4 saturated heterocycles. The Labute approximate surface area is 461 Å². The van der Waals surface area contributed by atoms with Crippen LogP contribution in [0.2, 0.25) is 0 Å². The van der Waals surface area contributed by atoms with Crippen molar-refractivity contribution in [3.8, 4) is 22.8 Å². The number of fused-ring (bicyclic) bond motifs is 8. The van der Waals surface area contributed by atoms with E-state index in [1.807, 2.05) is 67.1 Å². The van der Waals surface area contributed by atoms with Gasteiger partial charge < -0.3 is 43.4 Å². The smallest absolute Gasteiger partial charge is 0.229 e. The van der Waals surface area contributed by atoms with E-state index in [1.165, 1.54) is 6.20 Å². The first-order valence-electron chi connectivity index (χ1n) is 25.8. The number of aldehydes is 1. The van der Waals surface area contributed by atoms with Crippen molar-refractivity contribution in [2.45, 2.75) is 26.8 Å².